The minimum Gasteiger partial charge on any atom is -0.456 e. The van der Waals surface area contributed by atoms with Gasteiger partial charge in [0.05, 0.1) is 5.69 Å². The van der Waals surface area contributed by atoms with E-state index >= 15 is 0 Å². The molecule has 23 heavy (non-hydrogen) atoms. The molecule has 1 amide bonds. The van der Waals surface area contributed by atoms with E-state index in [9.17, 15) is 9.59 Å². The van der Waals surface area contributed by atoms with E-state index in [2.05, 4.69) is 21.2 Å². The average molecular weight is 387 g/mol. The van der Waals surface area contributed by atoms with E-state index in [-0.39, 0.29) is 17.0 Å². The van der Waals surface area contributed by atoms with E-state index in [1.807, 2.05) is 20.8 Å². The molecule has 0 radical (unpaired) electrons. The monoisotopic (exact) mass is 386 g/mol. The van der Waals surface area contributed by atoms with Gasteiger partial charge in [0.2, 0.25) is 0 Å². The Morgan fingerprint density at radius 1 is 1.13 bits per heavy atom. The topological polar surface area (TPSA) is 90.6 Å². The van der Waals surface area contributed by atoms with Gasteiger partial charge in [-0.25, -0.2) is 9.59 Å². The summed E-state index contributed by atoms with van der Waals surface area (Å²) in [7, 11) is 0. The van der Waals surface area contributed by atoms with E-state index in [0.717, 1.165) is 0 Å². The van der Waals surface area contributed by atoms with Gasteiger partial charge in [0.15, 0.2) is 5.75 Å². The second-order valence-electron chi connectivity index (χ2n) is 7.13. The zero-order chi connectivity index (χ0) is 18.0. The van der Waals surface area contributed by atoms with Gasteiger partial charge in [0.1, 0.15) is 11.2 Å². The molecule has 0 heterocycles. The molecule has 0 saturated carbocycles. The molecule has 0 spiro atoms. The third-order valence-electron chi connectivity index (χ3n) is 2.38. The molecule has 0 aliphatic rings. The van der Waals surface area contributed by atoms with E-state index < -0.39 is 23.2 Å². The Bertz CT molecular complexity index is 616. The lowest BCUT2D eigenvalue weighted by molar-refractivity contribution is 0.00686. The molecule has 1 rings (SSSR count). The summed E-state index contributed by atoms with van der Waals surface area (Å²) in [5, 5.41) is 2.65. The molecule has 1 aromatic carbocycles. The predicted molar refractivity (Wildman–Crippen MR) is 92.6 cm³/mol. The molecule has 0 unspecified atom stereocenters. The van der Waals surface area contributed by atoms with Crippen molar-refractivity contribution >= 4 is 33.7 Å². The van der Waals surface area contributed by atoms with E-state index in [4.69, 9.17) is 15.2 Å². The molecular formula is C16H23BrN2O4. The maximum Gasteiger partial charge on any atom is 0.413 e. The number of anilines is 1. The summed E-state index contributed by atoms with van der Waals surface area (Å²) in [6, 6.07) is 3.05. The number of ether oxygens (including phenoxy) is 2. The van der Waals surface area contributed by atoms with Crippen LogP contribution in [-0.4, -0.2) is 23.2 Å². The highest BCUT2D eigenvalue weighted by molar-refractivity contribution is 9.10. The Labute approximate surface area is 144 Å². The first kappa shape index (κ1) is 19.3. The van der Waals surface area contributed by atoms with Gasteiger partial charge in [0.25, 0.3) is 0 Å². The lowest BCUT2D eigenvalue weighted by Gasteiger charge is -2.22. The van der Waals surface area contributed by atoms with Gasteiger partial charge in [-0.05, 0) is 53.7 Å². The molecular weight excluding hydrogens is 364 g/mol. The number of hydrogen-bond acceptors (Lipinski definition) is 5. The highest BCUT2D eigenvalue weighted by Crippen LogP contribution is 2.31. The molecule has 7 heteroatoms. The van der Waals surface area contributed by atoms with Crippen molar-refractivity contribution in [3.63, 3.8) is 0 Å². The second kappa shape index (κ2) is 6.78. The fraction of sp³-hybridized carbons (Fsp3) is 0.500. The van der Waals surface area contributed by atoms with Crippen LogP contribution >= 0.6 is 15.9 Å². The number of esters is 1. The number of amides is 1. The number of nitrogens with one attached hydrogen (secondary N) is 1. The first-order chi connectivity index (χ1) is 10.3. The summed E-state index contributed by atoms with van der Waals surface area (Å²) in [6.07, 6.45) is -0.681. The Hall–Kier alpha value is -1.76. The maximum atomic E-state index is 12.4. The Kier molecular flexibility index (Phi) is 5.69. The Morgan fingerprint density at radius 2 is 1.70 bits per heavy atom. The van der Waals surface area contributed by atoms with Gasteiger partial charge in [-0.15, -0.1) is 0 Å². The number of halogens is 1. The molecule has 0 fully saturated rings. The van der Waals surface area contributed by atoms with Crippen LogP contribution in [0.3, 0.4) is 0 Å². The number of hydrogen-bond donors (Lipinski definition) is 2. The zero-order valence-corrected chi connectivity index (χ0v) is 15.8. The number of rotatable bonds is 2. The fourth-order valence-corrected chi connectivity index (χ4v) is 2.12. The van der Waals surface area contributed by atoms with E-state index in [1.165, 1.54) is 6.07 Å². The van der Waals surface area contributed by atoms with Gasteiger partial charge in [-0.3, -0.25) is 0 Å². The van der Waals surface area contributed by atoms with Gasteiger partial charge >= 0.3 is 12.1 Å². The average Bonchev–Trinajstić information content (AvgIpc) is 2.21. The van der Waals surface area contributed by atoms with Crippen LogP contribution in [0, 0.1) is 0 Å². The highest BCUT2D eigenvalue weighted by atomic mass is 79.9. The highest BCUT2D eigenvalue weighted by Gasteiger charge is 2.26. The van der Waals surface area contributed by atoms with Crippen LogP contribution < -0.4 is 15.8 Å². The number of nitrogen functional groups attached to an aromatic ring is 1. The minimum atomic E-state index is -0.693. The first-order valence-electron chi connectivity index (χ1n) is 7.11. The largest absolute Gasteiger partial charge is 0.456 e. The molecule has 1 aromatic rings. The van der Waals surface area contributed by atoms with Crippen molar-refractivity contribution in [1.82, 2.24) is 5.32 Å². The van der Waals surface area contributed by atoms with Gasteiger partial charge in [0, 0.05) is 10.0 Å². The van der Waals surface area contributed by atoms with Crippen LogP contribution in [0.25, 0.3) is 0 Å². The first-order valence-corrected chi connectivity index (χ1v) is 7.90. The van der Waals surface area contributed by atoms with E-state index in [0.29, 0.717) is 4.47 Å². The van der Waals surface area contributed by atoms with Crippen LogP contribution in [0.1, 0.15) is 51.9 Å². The molecule has 6 nitrogen and oxygen atoms in total. The number of nitrogens with two attached hydrogens (primary N) is 1. The predicted octanol–water partition coefficient (Wildman–Crippen LogP) is 3.87. The van der Waals surface area contributed by atoms with Gasteiger partial charge < -0.3 is 20.5 Å². The normalized spacial score (nSPS) is 11.8. The van der Waals surface area contributed by atoms with Crippen molar-refractivity contribution in [3.05, 3.63) is 22.2 Å². The molecule has 0 saturated heterocycles. The van der Waals surface area contributed by atoms with Crippen LogP contribution in [0.5, 0.6) is 5.75 Å². The maximum absolute atomic E-state index is 12.4. The Morgan fingerprint density at radius 3 is 2.17 bits per heavy atom. The number of carbonyl (C=O) groups is 2. The molecule has 0 bridgehead atoms. The van der Waals surface area contributed by atoms with Crippen molar-refractivity contribution < 1.29 is 19.1 Å². The summed E-state index contributed by atoms with van der Waals surface area (Å²) in [5.41, 5.74) is 4.92. The molecule has 3 N–H and O–H groups in total. The fourth-order valence-electron chi connectivity index (χ4n) is 1.66. The van der Waals surface area contributed by atoms with Crippen molar-refractivity contribution in [2.24, 2.45) is 0 Å². The lowest BCUT2D eigenvalue weighted by Crippen LogP contribution is -2.42. The summed E-state index contributed by atoms with van der Waals surface area (Å²) >= 11 is 3.27. The molecule has 128 valence electrons. The van der Waals surface area contributed by atoms with E-state index in [1.54, 1.807) is 26.8 Å². The van der Waals surface area contributed by atoms with Gasteiger partial charge in [-0.1, -0.05) is 15.9 Å². The van der Waals surface area contributed by atoms with Gasteiger partial charge in [-0.2, -0.15) is 0 Å². The molecule has 0 atom stereocenters. The molecule has 0 aliphatic heterocycles. The summed E-state index contributed by atoms with van der Waals surface area (Å²) in [4.78, 5) is 24.3. The SMILES string of the molecule is CC(C)(C)NC(=O)Oc1cc(Br)cc(N)c1C(=O)OC(C)(C)C. The number of carbonyl (C=O) groups excluding carboxylic acids is 2. The third kappa shape index (κ3) is 6.48. The third-order valence-corrected chi connectivity index (χ3v) is 2.84. The standard InChI is InChI=1S/C16H23BrN2O4/c1-15(2,3)19-14(21)22-11-8-9(17)7-10(18)12(11)13(20)23-16(4,5)6/h7-8H,18H2,1-6H3,(H,19,21). The van der Waals surface area contributed by atoms with Crippen molar-refractivity contribution in [2.75, 3.05) is 5.73 Å². The Balaban J connectivity index is 3.16. The van der Waals surface area contributed by atoms with Crippen molar-refractivity contribution in [1.29, 1.82) is 0 Å². The van der Waals surface area contributed by atoms with Crippen LogP contribution in [0.15, 0.2) is 16.6 Å². The quantitative estimate of drug-likeness (QED) is 0.594. The second-order valence-corrected chi connectivity index (χ2v) is 8.05. The number of benzene rings is 1. The summed E-state index contributed by atoms with van der Waals surface area (Å²) in [5.74, 6) is -0.617. The smallest absolute Gasteiger partial charge is 0.413 e. The van der Waals surface area contributed by atoms with Crippen LogP contribution in [0.4, 0.5) is 10.5 Å². The van der Waals surface area contributed by atoms with Crippen molar-refractivity contribution in [2.45, 2.75) is 52.7 Å². The zero-order valence-electron chi connectivity index (χ0n) is 14.2. The molecule has 0 aliphatic carbocycles. The minimum absolute atomic E-state index is 0.0205. The summed E-state index contributed by atoms with van der Waals surface area (Å²) < 4.78 is 11.2. The van der Waals surface area contributed by atoms with Crippen LogP contribution in [0.2, 0.25) is 0 Å². The van der Waals surface area contributed by atoms with Crippen LogP contribution in [-0.2, 0) is 4.74 Å². The lowest BCUT2D eigenvalue weighted by atomic mass is 10.1. The molecule has 0 aromatic heterocycles. The van der Waals surface area contributed by atoms with Crippen molar-refractivity contribution in [3.8, 4) is 5.75 Å². The summed E-state index contributed by atoms with van der Waals surface area (Å²) in [6.45, 7) is 10.7.